The van der Waals surface area contributed by atoms with Gasteiger partial charge in [-0.1, -0.05) is 290 Å². The fourth-order valence-electron chi connectivity index (χ4n) is 22.9. The van der Waals surface area contributed by atoms with E-state index in [0.717, 1.165) is 0 Å². The Balaban J connectivity index is 0.000000147. The molecule has 1 aliphatic rings. The van der Waals surface area contributed by atoms with Crippen LogP contribution in [0.1, 0.15) is 273 Å². The van der Waals surface area contributed by atoms with Crippen molar-refractivity contribution in [1.82, 2.24) is 37.5 Å². The third-order valence-electron chi connectivity index (χ3n) is 29.9. The van der Waals surface area contributed by atoms with E-state index in [1.807, 2.05) is 6.07 Å². The zero-order valence-corrected chi connectivity index (χ0v) is 97.7. The maximum atomic E-state index is 2.68. The van der Waals surface area contributed by atoms with Crippen LogP contribution in [0.3, 0.4) is 0 Å². The first-order valence-corrected chi connectivity index (χ1v) is 54.8. The quantitative estimate of drug-likeness (QED) is 0.137. The molecule has 0 atom stereocenters. The molecule has 19 aromatic rings. The molecule has 1 saturated heterocycles. The number of benzene rings is 14. The van der Waals surface area contributed by atoms with Crippen LogP contribution < -0.4 is 4.90 Å². The molecule has 1 aliphatic heterocycles. The summed E-state index contributed by atoms with van der Waals surface area (Å²) in [5.74, 6) is 0. The largest absolute Gasteiger partial charge is 0.372 e. The van der Waals surface area contributed by atoms with E-state index in [9.17, 15) is 0 Å². The van der Waals surface area contributed by atoms with Gasteiger partial charge >= 0.3 is 0 Å². The topological polar surface area (TPSA) is 37.6 Å². The lowest BCUT2D eigenvalue weighted by Gasteiger charge is -2.55. The molecule has 0 aliphatic carbocycles. The summed E-state index contributed by atoms with van der Waals surface area (Å²) in [5, 5.41) is 13.3. The van der Waals surface area contributed by atoms with Crippen LogP contribution in [-0.2, 0) is 33.0 Å². The first-order valence-electron chi connectivity index (χ1n) is 54.8. The van der Waals surface area contributed by atoms with Gasteiger partial charge in [-0.05, 0) is 352 Å². The second-order valence-electron chi connectivity index (χ2n) is 51.1. The highest BCUT2D eigenvalue weighted by Gasteiger charge is 2.43. The average molecular weight is 1980 g/mol. The molecule has 0 spiro atoms. The van der Waals surface area contributed by atoms with E-state index in [2.05, 4.69) is 627 Å². The summed E-state index contributed by atoms with van der Waals surface area (Å²) in [4.78, 5) is 9.62. The van der Waals surface area contributed by atoms with Gasteiger partial charge in [0.15, 0.2) is 0 Å². The first kappa shape index (κ1) is 113. The number of likely N-dealkylation sites (tertiary alicyclic amines) is 1. The van der Waals surface area contributed by atoms with Crippen molar-refractivity contribution < 1.29 is 0 Å². The summed E-state index contributed by atoms with van der Waals surface area (Å²) < 4.78 is 12.4. The van der Waals surface area contributed by atoms with E-state index in [4.69, 9.17) is 0 Å². The molecule has 148 heavy (non-hydrogen) atoms. The molecule has 6 heterocycles. The highest BCUT2D eigenvalue weighted by atomic mass is 15.3. The fourth-order valence-corrected chi connectivity index (χ4v) is 22.9. The number of nitrogens with zero attached hydrogens (tertiary/aromatic N) is 9. The lowest BCUT2D eigenvalue weighted by molar-refractivity contribution is -0.0508. The molecule has 9 nitrogen and oxygen atoms in total. The average Bonchev–Trinajstić information content (AvgIpc) is 1.57. The molecule has 20 rings (SSSR count). The summed E-state index contributed by atoms with van der Waals surface area (Å²) in [5.41, 5.74) is 27.4. The zero-order valence-electron chi connectivity index (χ0n) is 97.7. The van der Waals surface area contributed by atoms with Gasteiger partial charge in [0.1, 0.15) is 0 Å². The highest BCUT2D eigenvalue weighted by molar-refractivity contribution is 6.18. The monoisotopic (exact) mass is 1970 g/mol. The number of piperidine rings is 1. The predicted octanol–water partition coefficient (Wildman–Crippen LogP) is 38.7. The van der Waals surface area contributed by atoms with Gasteiger partial charge in [-0.15, -0.1) is 0 Å². The highest BCUT2D eigenvalue weighted by Crippen LogP contribution is 2.48. The normalized spacial score (nSPS) is 13.8. The van der Waals surface area contributed by atoms with Gasteiger partial charge in [-0.25, -0.2) is 0 Å². The van der Waals surface area contributed by atoms with Crippen LogP contribution in [0.4, 0.5) is 5.69 Å². The minimum atomic E-state index is -0.0598. The molecule has 1 fully saturated rings. The van der Waals surface area contributed by atoms with E-state index in [1.165, 1.54) is 184 Å². The minimum Gasteiger partial charge on any atom is -0.372 e. The van der Waals surface area contributed by atoms with Gasteiger partial charge in [-0.3, -0.25) is 9.80 Å². The number of para-hydroxylation sites is 8. The van der Waals surface area contributed by atoms with Crippen LogP contribution in [0.25, 0.3) is 148 Å². The summed E-state index contributed by atoms with van der Waals surface area (Å²) in [6.45, 7) is 79.8. The fraction of sp³-hybridized carbons (Fsp3) is 0.396. The van der Waals surface area contributed by atoms with Gasteiger partial charge in [0.05, 0.1) is 27.6 Å². The Kier molecular flexibility index (Phi) is 34.5. The molecule has 0 radical (unpaired) electrons. The summed E-state index contributed by atoms with van der Waals surface area (Å²) in [6, 6.07) is 122. The maximum absolute atomic E-state index is 2.68. The molecule has 780 valence electrons. The Labute approximate surface area is 891 Å². The third kappa shape index (κ3) is 25.1. The minimum absolute atomic E-state index is 0.00964. The molecule has 0 amide bonds. The van der Waals surface area contributed by atoms with Crippen LogP contribution in [-0.4, -0.2) is 106 Å². The van der Waals surface area contributed by atoms with Crippen LogP contribution in [0.2, 0.25) is 0 Å². The van der Waals surface area contributed by atoms with Crippen molar-refractivity contribution in [3.8, 4) is 39.1 Å². The van der Waals surface area contributed by atoms with Gasteiger partial charge < -0.3 is 32.6 Å². The third-order valence-corrected chi connectivity index (χ3v) is 29.9. The van der Waals surface area contributed by atoms with E-state index in [1.54, 1.807) is 0 Å². The van der Waals surface area contributed by atoms with Gasteiger partial charge in [0.2, 0.25) is 0 Å². The molecule has 14 aromatic carbocycles. The Hall–Kier alpha value is -12.2. The smallest absolute Gasteiger partial charge is 0.0576 e. The van der Waals surface area contributed by atoms with Crippen molar-refractivity contribution >= 4 is 115 Å². The Bertz CT molecular complexity index is 7400. The van der Waals surface area contributed by atoms with Crippen molar-refractivity contribution in [3.05, 3.63) is 339 Å². The van der Waals surface area contributed by atoms with E-state index < -0.39 is 0 Å². The number of anilines is 1. The van der Waals surface area contributed by atoms with Crippen LogP contribution in [0.15, 0.2) is 328 Å². The SMILES string of the molecule is CC(C)(C)c1ccc2c(c1)c1cc(C(C)(C)C)ccc1n2C(C)(C)C.CC(C)(C)n1c2c(-c3ccccc3)cccc2c2cccc(-c3ccccc3)c21.CC(C)(C)n1c2ccccc2c2cc(-n3c4ccccc4c4ccccc43)ccc21.CC(C)(C)n1c2ccccc2c2cccc(-c3ccccc3)c21.CC(C)N(C(C)C)C(C)C.CC(C)N(C)c1ccccc1.CC(C)N1C(C)(C)CCCC1(C)C.CN(C)C(C)(C)C. The molecule has 0 bridgehead atoms. The van der Waals surface area contributed by atoms with Gasteiger partial charge in [0, 0.05) is 186 Å². The van der Waals surface area contributed by atoms with Crippen LogP contribution in [0.5, 0.6) is 0 Å². The maximum Gasteiger partial charge on any atom is 0.0576 e. The lowest BCUT2D eigenvalue weighted by atomic mass is 9.79. The number of rotatable bonds is 10. The predicted molar refractivity (Wildman–Crippen MR) is 655 cm³/mol. The second-order valence-corrected chi connectivity index (χ2v) is 51.1. The molecule has 5 aromatic heterocycles. The number of fused-ring (bicyclic) bond motifs is 15. The molecular formula is C139H179N9. The molecule has 0 saturated carbocycles. The van der Waals surface area contributed by atoms with E-state index >= 15 is 0 Å². The Morgan fingerprint density at radius 2 is 0.527 bits per heavy atom. The summed E-state index contributed by atoms with van der Waals surface area (Å²) >= 11 is 0. The molecule has 9 heteroatoms. The standard InChI is InChI=1S/C28H24N2.C28H25N.C24H33N.C22H21N.C12H25N.C10H15N.C9H21N.C6H15N/c1-28(2,3)30-26-15-9-6-12-22(26)23-18-19(16-17-27(23)30)29-24-13-7-4-10-20(24)21-11-5-8-14-25(21)29;1-28(2,3)29-26-22(20-12-6-4-7-13-20)16-10-18-24(26)25-19-11-17-23(27(25)29)21-14-8-5-9-15-21;1-22(2,3)16-10-12-20-18(14-16)19-15-17(23(4,5)6)11-13-21(19)25(20)24(7,8)9;1-22(2,3)23-20-15-8-7-12-18(20)19-14-9-13-17(21(19)23)16-10-5-4-6-11-16;1-10(2)13-11(3,4)8-7-9-12(13,5)6;1-9(2)11(3)10-7-5-4-6-8-10;1-7(2)10(8(3)4)9(5)6;1-6(2,3)7(4)5/h4-18H,1-3H3;4-19H,1-3H3;10-15H,1-9H3;4-15H,1-3H3;10H,7-9H2,1-6H3;4-9H,1-3H3;7-9H,1-6H3;1-5H3. The van der Waals surface area contributed by atoms with Crippen molar-refractivity contribution in [3.63, 3.8) is 0 Å². The van der Waals surface area contributed by atoms with Crippen molar-refractivity contribution in [1.29, 1.82) is 0 Å². The number of hydrogen-bond donors (Lipinski definition) is 0. The Morgan fingerprint density at radius 1 is 0.257 bits per heavy atom. The van der Waals surface area contributed by atoms with Crippen molar-refractivity contribution in [2.45, 2.75) is 341 Å². The first-order chi connectivity index (χ1) is 69.4. The second kappa shape index (κ2) is 45.3. The van der Waals surface area contributed by atoms with Gasteiger partial charge in [-0.2, -0.15) is 0 Å². The van der Waals surface area contributed by atoms with Crippen molar-refractivity contribution in [2.75, 3.05) is 26.0 Å². The number of aromatic nitrogens is 5. The molecule has 0 N–H and O–H groups in total. The zero-order chi connectivity index (χ0) is 108. The molecular weight excluding hydrogens is 1800 g/mol. The van der Waals surface area contributed by atoms with Crippen LogP contribution >= 0.6 is 0 Å². The van der Waals surface area contributed by atoms with E-state index in [-0.39, 0.29) is 33.0 Å². The number of hydrogen-bond acceptors (Lipinski definition) is 4. The summed E-state index contributed by atoms with van der Waals surface area (Å²) in [6.07, 6.45) is 4.06. The Morgan fingerprint density at radius 3 is 0.831 bits per heavy atom. The molecule has 0 unspecified atom stereocenters. The van der Waals surface area contributed by atoms with Crippen LogP contribution in [0, 0.1) is 0 Å². The summed E-state index contributed by atoms with van der Waals surface area (Å²) in [7, 11) is 6.28. The van der Waals surface area contributed by atoms with Crippen molar-refractivity contribution in [2.24, 2.45) is 0 Å². The van der Waals surface area contributed by atoms with Gasteiger partial charge in [0.25, 0.3) is 0 Å². The van der Waals surface area contributed by atoms with E-state index in [0.29, 0.717) is 46.8 Å². The lowest BCUT2D eigenvalue weighted by Crippen LogP contribution is -2.61.